The molecular weight excluding hydrogens is 382 g/mol. The molecule has 1 aromatic rings. The highest BCUT2D eigenvalue weighted by Crippen LogP contribution is 2.12. The largest absolute Gasteiger partial charge is 0.356 e. The van der Waals surface area contributed by atoms with E-state index in [0.717, 1.165) is 43.2 Å². The molecule has 0 aliphatic rings. The van der Waals surface area contributed by atoms with E-state index in [2.05, 4.69) is 16.0 Å². The Morgan fingerprint density at radius 2 is 1.60 bits per heavy atom. The van der Waals surface area contributed by atoms with E-state index >= 15 is 0 Å². The second kappa shape index (κ2) is 15.4. The molecule has 0 spiro atoms. The molecule has 0 heterocycles. The minimum atomic E-state index is -0.146. The molecule has 0 saturated heterocycles. The fraction of sp³-hybridized carbons (Fsp3) is 0.591. The van der Waals surface area contributed by atoms with Gasteiger partial charge in [0.2, 0.25) is 11.8 Å². The zero-order chi connectivity index (χ0) is 22.2. The highest BCUT2D eigenvalue weighted by atomic mass is 16.2. The molecule has 8 heteroatoms. The molecule has 7 N–H and O–H groups in total. The molecule has 0 atom stereocenters. The lowest BCUT2D eigenvalue weighted by atomic mass is 10.0. The smallest absolute Gasteiger partial charge is 0.251 e. The summed E-state index contributed by atoms with van der Waals surface area (Å²) < 4.78 is 0. The van der Waals surface area contributed by atoms with Gasteiger partial charge in [0.1, 0.15) is 0 Å². The van der Waals surface area contributed by atoms with Crippen LogP contribution < -0.4 is 27.4 Å². The van der Waals surface area contributed by atoms with Gasteiger partial charge in [-0.05, 0) is 55.8 Å². The molecular formula is C22H37N5O3. The van der Waals surface area contributed by atoms with Crippen LogP contribution >= 0.6 is 0 Å². The first-order valence-corrected chi connectivity index (χ1v) is 10.8. The molecule has 30 heavy (non-hydrogen) atoms. The molecule has 3 amide bonds. The molecule has 0 fully saturated rings. The highest BCUT2D eigenvalue weighted by Gasteiger charge is 2.11. The van der Waals surface area contributed by atoms with Crippen LogP contribution in [-0.4, -0.2) is 37.4 Å². The molecule has 0 unspecified atom stereocenters. The number of carbonyl (C=O) groups excluding carboxylic acids is 3. The van der Waals surface area contributed by atoms with Gasteiger partial charge in [-0.25, -0.2) is 0 Å². The van der Waals surface area contributed by atoms with Crippen molar-refractivity contribution in [1.29, 1.82) is 0 Å². The normalized spacial score (nSPS) is 10.5. The molecule has 0 aliphatic heterocycles. The lowest BCUT2D eigenvalue weighted by Gasteiger charge is -2.12. The van der Waals surface area contributed by atoms with Gasteiger partial charge < -0.3 is 27.4 Å². The summed E-state index contributed by atoms with van der Waals surface area (Å²) in [5.41, 5.74) is 13.5. The van der Waals surface area contributed by atoms with Gasteiger partial charge in [-0.3, -0.25) is 14.4 Å². The Morgan fingerprint density at radius 1 is 0.867 bits per heavy atom. The van der Waals surface area contributed by atoms with Crippen molar-refractivity contribution in [3.05, 3.63) is 34.9 Å². The van der Waals surface area contributed by atoms with Crippen LogP contribution in [0.2, 0.25) is 0 Å². The van der Waals surface area contributed by atoms with Crippen molar-refractivity contribution < 1.29 is 14.4 Å². The first-order valence-electron chi connectivity index (χ1n) is 10.8. The topological polar surface area (TPSA) is 139 Å². The SMILES string of the molecule is CCC(=O)NCCCCCNC(=O)c1ccc(CNC(=O)CCCCN)cc1CN. The maximum absolute atomic E-state index is 12.5. The van der Waals surface area contributed by atoms with Crippen LogP contribution in [0.3, 0.4) is 0 Å². The van der Waals surface area contributed by atoms with Gasteiger partial charge in [0, 0.05) is 44.6 Å². The third kappa shape index (κ3) is 10.4. The van der Waals surface area contributed by atoms with Crippen molar-refractivity contribution in [3.8, 4) is 0 Å². The Balaban J connectivity index is 2.39. The van der Waals surface area contributed by atoms with Crippen LogP contribution in [0.25, 0.3) is 0 Å². The Kier molecular flexibility index (Phi) is 13.1. The van der Waals surface area contributed by atoms with Gasteiger partial charge in [-0.1, -0.05) is 19.1 Å². The second-order valence-electron chi connectivity index (χ2n) is 7.24. The van der Waals surface area contributed by atoms with Gasteiger partial charge in [0.05, 0.1) is 0 Å². The van der Waals surface area contributed by atoms with Gasteiger partial charge in [-0.2, -0.15) is 0 Å². The second-order valence-corrected chi connectivity index (χ2v) is 7.24. The number of rotatable bonds is 15. The maximum Gasteiger partial charge on any atom is 0.251 e. The fourth-order valence-electron chi connectivity index (χ4n) is 2.94. The summed E-state index contributed by atoms with van der Waals surface area (Å²) in [5, 5.41) is 8.64. The number of unbranched alkanes of at least 4 members (excludes halogenated alkanes) is 3. The minimum Gasteiger partial charge on any atom is -0.356 e. The number of hydrogen-bond donors (Lipinski definition) is 5. The summed E-state index contributed by atoms with van der Waals surface area (Å²) in [7, 11) is 0. The number of hydrogen-bond acceptors (Lipinski definition) is 5. The lowest BCUT2D eigenvalue weighted by molar-refractivity contribution is -0.121. The monoisotopic (exact) mass is 419 g/mol. The molecule has 0 bridgehead atoms. The number of amides is 3. The molecule has 168 valence electrons. The van der Waals surface area contributed by atoms with E-state index in [1.807, 2.05) is 19.1 Å². The van der Waals surface area contributed by atoms with Crippen molar-refractivity contribution >= 4 is 17.7 Å². The Hall–Kier alpha value is -2.45. The molecule has 1 aromatic carbocycles. The van der Waals surface area contributed by atoms with Crippen LogP contribution in [0.4, 0.5) is 0 Å². The molecule has 0 aromatic heterocycles. The number of benzene rings is 1. The highest BCUT2D eigenvalue weighted by molar-refractivity contribution is 5.95. The van der Waals surface area contributed by atoms with Crippen molar-refractivity contribution in [3.63, 3.8) is 0 Å². The Morgan fingerprint density at radius 3 is 2.27 bits per heavy atom. The van der Waals surface area contributed by atoms with E-state index in [0.29, 0.717) is 44.6 Å². The van der Waals surface area contributed by atoms with Gasteiger partial charge in [0.25, 0.3) is 5.91 Å². The maximum atomic E-state index is 12.5. The summed E-state index contributed by atoms with van der Waals surface area (Å²) in [6, 6.07) is 5.46. The fourth-order valence-corrected chi connectivity index (χ4v) is 2.94. The quantitative estimate of drug-likeness (QED) is 0.273. The van der Waals surface area contributed by atoms with Gasteiger partial charge in [-0.15, -0.1) is 0 Å². The average molecular weight is 420 g/mol. The van der Waals surface area contributed by atoms with E-state index in [1.165, 1.54) is 0 Å². The van der Waals surface area contributed by atoms with E-state index < -0.39 is 0 Å². The van der Waals surface area contributed by atoms with Crippen molar-refractivity contribution in [1.82, 2.24) is 16.0 Å². The minimum absolute atomic E-state index is 0.00571. The van der Waals surface area contributed by atoms with Crippen LogP contribution in [0.1, 0.15) is 73.4 Å². The van der Waals surface area contributed by atoms with Crippen molar-refractivity contribution in [2.75, 3.05) is 19.6 Å². The molecule has 0 aliphatic carbocycles. The molecule has 1 rings (SSSR count). The van der Waals surface area contributed by atoms with Crippen molar-refractivity contribution in [2.45, 2.75) is 65.0 Å². The van der Waals surface area contributed by atoms with Gasteiger partial charge in [0.15, 0.2) is 0 Å². The summed E-state index contributed by atoms with van der Waals surface area (Å²) >= 11 is 0. The number of nitrogens with two attached hydrogens (primary N) is 2. The first kappa shape index (κ1) is 25.6. The zero-order valence-corrected chi connectivity index (χ0v) is 18.1. The van der Waals surface area contributed by atoms with E-state index in [9.17, 15) is 14.4 Å². The van der Waals surface area contributed by atoms with E-state index in [4.69, 9.17) is 11.5 Å². The van der Waals surface area contributed by atoms with Crippen LogP contribution in [0.5, 0.6) is 0 Å². The summed E-state index contributed by atoms with van der Waals surface area (Å²) in [4.78, 5) is 35.4. The van der Waals surface area contributed by atoms with Crippen LogP contribution in [-0.2, 0) is 22.7 Å². The predicted molar refractivity (Wildman–Crippen MR) is 119 cm³/mol. The zero-order valence-electron chi connectivity index (χ0n) is 18.1. The average Bonchev–Trinajstić information content (AvgIpc) is 2.76. The van der Waals surface area contributed by atoms with Crippen molar-refractivity contribution in [2.24, 2.45) is 11.5 Å². The third-order valence-electron chi connectivity index (χ3n) is 4.76. The van der Waals surface area contributed by atoms with E-state index in [1.54, 1.807) is 6.07 Å². The summed E-state index contributed by atoms with van der Waals surface area (Å²) in [6.45, 7) is 4.32. The first-order chi connectivity index (χ1) is 14.5. The molecule has 0 saturated carbocycles. The Bertz CT molecular complexity index is 679. The standard InChI is InChI=1S/C22H37N5O3/c1-2-20(28)25-12-6-3-7-13-26-22(30)19-10-9-17(14-18(19)15-24)16-27-21(29)8-4-5-11-23/h9-10,14H,2-8,11-13,15-16,23-24H2,1H3,(H,25,28)(H,26,30)(H,27,29). The van der Waals surface area contributed by atoms with Gasteiger partial charge >= 0.3 is 0 Å². The number of carbonyl (C=O) groups is 3. The lowest BCUT2D eigenvalue weighted by Crippen LogP contribution is -2.27. The van der Waals surface area contributed by atoms with Crippen LogP contribution in [0.15, 0.2) is 18.2 Å². The molecule has 0 radical (unpaired) electrons. The molecule has 8 nitrogen and oxygen atoms in total. The van der Waals surface area contributed by atoms with Crippen LogP contribution in [0, 0.1) is 0 Å². The third-order valence-corrected chi connectivity index (χ3v) is 4.76. The predicted octanol–water partition coefficient (Wildman–Crippen LogP) is 1.32. The summed E-state index contributed by atoms with van der Waals surface area (Å²) in [5.74, 6) is -0.0897. The number of nitrogens with one attached hydrogen (secondary N) is 3. The Labute approximate surface area is 179 Å². The summed E-state index contributed by atoms with van der Waals surface area (Å²) in [6.07, 6.45) is 5.25. The van der Waals surface area contributed by atoms with E-state index in [-0.39, 0.29) is 24.3 Å².